The lowest BCUT2D eigenvalue weighted by atomic mass is 10.1. The Morgan fingerprint density at radius 2 is 1.61 bits per heavy atom. The third-order valence-electron chi connectivity index (χ3n) is 4.05. The molecule has 0 atom stereocenters. The Hall–Kier alpha value is -2.39. The van der Waals surface area contributed by atoms with Crippen LogP contribution in [0.25, 0.3) is 0 Å². The molecule has 0 saturated carbocycles. The molecule has 1 heterocycles. The Kier molecular flexibility index (Phi) is 5.22. The summed E-state index contributed by atoms with van der Waals surface area (Å²) in [6, 6.07) is 20.4. The number of nitrogens with zero attached hydrogens (tertiary/aromatic N) is 1. The van der Waals surface area contributed by atoms with E-state index in [9.17, 15) is 4.79 Å². The zero-order chi connectivity index (χ0) is 15.9. The molecule has 0 radical (unpaired) electrons. The molecule has 2 aromatic rings. The second kappa shape index (κ2) is 7.75. The van der Waals surface area contributed by atoms with E-state index in [1.807, 2.05) is 36.4 Å². The molecule has 1 aliphatic rings. The van der Waals surface area contributed by atoms with Crippen LogP contribution in [0.5, 0.6) is 0 Å². The van der Waals surface area contributed by atoms with Gasteiger partial charge in [0, 0.05) is 31.8 Å². The summed E-state index contributed by atoms with van der Waals surface area (Å²) in [6.45, 7) is 2.82. The maximum Gasteiger partial charge on any atom is 0.228 e. The van der Waals surface area contributed by atoms with Crippen LogP contribution in [0.1, 0.15) is 17.5 Å². The third kappa shape index (κ3) is 4.80. The predicted molar refractivity (Wildman–Crippen MR) is 92.7 cm³/mol. The normalized spacial score (nSPS) is 15.0. The minimum absolute atomic E-state index is 0.0685. The Morgan fingerprint density at radius 1 is 0.957 bits per heavy atom. The predicted octanol–water partition coefficient (Wildman–Crippen LogP) is 3.14. The summed E-state index contributed by atoms with van der Waals surface area (Å²) in [4.78, 5) is 14.5. The van der Waals surface area contributed by atoms with E-state index in [1.54, 1.807) is 0 Å². The van der Waals surface area contributed by atoms with E-state index >= 15 is 0 Å². The molecule has 0 bridgehead atoms. The molecule has 1 N–H and O–H groups in total. The number of carbonyl (C=O) groups is 1. The van der Waals surface area contributed by atoms with Crippen molar-refractivity contribution in [3.8, 4) is 0 Å². The molecule has 1 aliphatic heterocycles. The number of carbonyl (C=O) groups excluding carboxylic acids is 1. The fourth-order valence-electron chi connectivity index (χ4n) is 2.81. The van der Waals surface area contributed by atoms with Gasteiger partial charge in [0.1, 0.15) is 0 Å². The number of amides is 1. The summed E-state index contributed by atoms with van der Waals surface area (Å²) in [6.07, 6.45) is 3.47. The van der Waals surface area contributed by atoms with Crippen molar-refractivity contribution in [1.29, 1.82) is 0 Å². The molecule has 0 aromatic heterocycles. The van der Waals surface area contributed by atoms with E-state index in [2.05, 4.69) is 40.6 Å². The standard InChI is InChI=1S/C20H22N2O/c23-20(15-17-7-3-1-4-8-17)21-19-11-13-22(14-12-19)16-18-9-5-2-6-10-18/h1-11H,12-16H2,(H,21,23). The first-order chi connectivity index (χ1) is 11.3. The number of rotatable bonds is 5. The first-order valence-corrected chi connectivity index (χ1v) is 8.09. The van der Waals surface area contributed by atoms with Crippen LogP contribution in [0.2, 0.25) is 0 Å². The quantitative estimate of drug-likeness (QED) is 0.920. The molecule has 0 aliphatic carbocycles. The summed E-state index contributed by atoms with van der Waals surface area (Å²) < 4.78 is 0. The Morgan fingerprint density at radius 3 is 2.22 bits per heavy atom. The van der Waals surface area contributed by atoms with Gasteiger partial charge in [0.25, 0.3) is 0 Å². The zero-order valence-electron chi connectivity index (χ0n) is 13.2. The second-order valence-electron chi connectivity index (χ2n) is 5.91. The molecule has 118 valence electrons. The molecule has 0 fully saturated rings. The van der Waals surface area contributed by atoms with E-state index in [-0.39, 0.29) is 5.91 Å². The van der Waals surface area contributed by atoms with Crippen molar-refractivity contribution < 1.29 is 4.79 Å². The van der Waals surface area contributed by atoms with Crippen molar-refractivity contribution in [2.45, 2.75) is 19.4 Å². The number of hydrogen-bond acceptors (Lipinski definition) is 2. The molecule has 3 nitrogen and oxygen atoms in total. The van der Waals surface area contributed by atoms with E-state index in [1.165, 1.54) is 5.56 Å². The molecule has 3 heteroatoms. The fraction of sp³-hybridized carbons (Fsp3) is 0.250. The summed E-state index contributed by atoms with van der Waals surface area (Å²) >= 11 is 0. The number of hydrogen-bond donors (Lipinski definition) is 1. The maximum atomic E-state index is 12.1. The van der Waals surface area contributed by atoms with Crippen LogP contribution in [-0.2, 0) is 17.8 Å². The average Bonchev–Trinajstić information content (AvgIpc) is 2.58. The van der Waals surface area contributed by atoms with Crippen molar-refractivity contribution in [3.05, 3.63) is 83.6 Å². The fourth-order valence-corrected chi connectivity index (χ4v) is 2.81. The Labute approximate surface area is 137 Å². The van der Waals surface area contributed by atoms with E-state index < -0.39 is 0 Å². The highest BCUT2D eigenvalue weighted by Gasteiger charge is 2.13. The van der Waals surface area contributed by atoms with Crippen molar-refractivity contribution in [2.75, 3.05) is 13.1 Å². The smallest absolute Gasteiger partial charge is 0.228 e. The van der Waals surface area contributed by atoms with Crippen LogP contribution in [-0.4, -0.2) is 23.9 Å². The lowest BCUT2D eigenvalue weighted by molar-refractivity contribution is -0.119. The van der Waals surface area contributed by atoms with E-state index in [0.717, 1.165) is 37.3 Å². The van der Waals surface area contributed by atoms with E-state index in [0.29, 0.717) is 6.42 Å². The van der Waals surface area contributed by atoms with Gasteiger partial charge in [0.15, 0.2) is 0 Å². The monoisotopic (exact) mass is 306 g/mol. The second-order valence-corrected chi connectivity index (χ2v) is 5.91. The number of benzene rings is 2. The van der Waals surface area contributed by atoms with Crippen molar-refractivity contribution >= 4 is 5.91 Å². The number of nitrogens with one attached hydrogen (secondary N) is 1. The molecule has 1 amide bonds. The van der Waals surface area contributed by atoms with Crippen molar-refractivity contribution in [2.24, 2.45) is 0 Å². The highest BCUT2D eigenvalue weighted by atomic mass is 16.1. The topological polar surface area (TPSA) is 32.3 Å². The van der Waals surface area contributed by atoms with Gasteiger partial charge >= 0.3 is 0 Å². The van der Waals surface area contributed by atoms with Gasteiger partial charge in [-0.05, 0) is 11.1 Å². The molecular weight excluding hydrogens is 284 g/mol. The molecule has 3 rings (SSSR count). The van der Waals surface area contributed by atoms with Gasteiger partial charge in [-0.25, -0.2) is 0 Å². The highest BCUT2D eigenvalue weighted by molar-refractivity contribution is 5.80. The molecule has 2 aromatic carbocycles. The third-order valence-corrected chi connectivity index (χ3v) is 4.05. The SMILES string of the molecule is O=C(Cc1ccccc1)NC1=CCN(Cc2ccccc2)CC1. The van der Waals surface area contributed by atoms with Crippen LogP contribution in [0.3, 0.4) is 0 Å². The molecule has 23 heavy (non-hydrogen) atoms. The molecule has 0 saturated heterocycles. The zero-order valence-corrected chi connectivity index (χ0v) is 13.2. The van der Waals surface area contributed by atoms with Crippen LogP contribution < -0.4 is 5.32 Å². The minimum atomic E-state index is 0.0685. The lowest BCUT2D eigenvalue weighted by Gasteiger charge is -2.26. The Balaban J connectivity index is 1.48. The largest absolute Gasteiger partial charge is 0.330 e. The van der Waals surface area contributed by atoms with Gasteiger partial charge < -0.3 is 5.32 Å². The summed E-state index contributed by atoms with van der Waals surface area (Å²) in [5.74, 6) is 0.0685. The van der Waals surface area contributed by atoms with Crippen LogP contribution in [0.4, 0.5) is 0 Å². The van der Waals surface area contributed by atoms with Crippen molar-refractivity contribution in [1.82, 2.24) is 10.2 Å². The lowest BCUT2D eigenvalue weighted by Crippen LogP contribution is -2.34. The van der Waals surface area contributed by atoms with Crippen LogP contribution >= 0.6 is 0 Å². The molecular formula is C20H22N2O. The minimum Gasteiger partial charge on any atom is -0.330 e. The van der Waals surface area contributed by atoms with Crippen molar-refractivity contribution in [3.63, 3.8) is 0 Å². The van der Waals surface area contributed by atoms with Crippen LogP contribution in [0.15, 0.2) is 72.4 Å². The van der Waals surface area contributed by atoms with Gasteiger partial charge in [-0.2, -0.15) is 0 Å². The van der Waals surface area contributed by atoms with Gasteiger partial charge in [-0.15, -0.1) is 0 Å². The highest BCUT2D eigenvalue weighted by Crippen LogP contribution is 2.12. The first kappa shape index (κ1) is 15.5. The van der Waals surface area contributed by atoms with Gasteiger partial charge in [-0.3, -0.25) is 9.69 Å². The summed E-state index contributed by atoms with van der Waals surface area (Å²) in [5.41, 5.74) is 3.43. The van der Waals surface area contributed by atoms with Gasteiger partial charge in [-0.1, -0.05) is 66.7 Å². The molecule has 0 spiro atoms. The Bertz CT molecular complexity index is 665. The van der Waals surface area contributed by atoms with Gasteiger partial charge in [0.05, 0.1) is 6.42 Å². The summed E-state index contributed by atoms with van der Waals surface area (Å²) in [7, 11) is 0. The maximum absolute atomic E-state index is 12.1. The first-order valence-electron chi connectivity index (χ1n) is 8.09. The summed E-state index contributed by atoms with van der Waals surface area (Å²) in [5, 5.41) is 3.05. The van der Waals surface area contributed by atoms with E-state index in [4.69, 9.17) is 0 Å². The molecule has 0 unspecified atom stereocenters. The van der Waals surface area contributed by atoms with Gasteiger partial charge in [0.2, 0.25) is 5.91 Å². The average molecular weight is 306 g/mol. The van der Waals surface area contributed by atoms with Crippen LogP contribution in [0, 0.1) is 0 Å².